The summed E-state index contributed by atoms with van der Waals surface area (Å²) in [5, 5.41) is 14.6. The lowest BCUT2D eigenvalue weighted by Crippen LogP contribution is -2.40. The Morgan fingerprint density at radius 1 is 1.61 bits per heavy atom. The molecule has 0 aromatic heterocycles. The Kier molecular flexibility index (Phi) is 5.89. The summed E-state index contributed by atoms with van der Waals surface area (Å²) in [6, 6.07) is 1.89. The summed E-state index contributed by atoms with van der Waals surface area (Å²) in [6.45, 7) is 6.85. The zero-order valence-electron chi connectivity index (χ0n) is 10.7. The van der Waals surface area contributed by atoms with Crippen molar-refractivity contribution in [3.05, 3.63) is 36.0 Å². The van der Waals surface area contributed by atoms with Gasteiger partial charge in [0.15, 0.2) is 0 Å². The number of nitrogens with one attached hydrogen (secondary N) is 2. The summed E-state index contributed by atoms with van der Waals surface area (Å²) < 4.78 is 0. The van der Waals surface area contributed by atoms with Gasteiger partial charge in [-0.3, -0.25) is 4.79 Å². The summed E-state index contributed by atoms with van der Waals surface area (Å²) >= 11 is 0. The summed E-state index contributed by atoms with van der Waals surface area (Å²) in [6.07, 6.45) is 7.31. The van der Waals surface area contributed by atoms with Crippen molar-refractivity contribution in [2.24, 2.45) is 0 Å². The van der Waals surface area contributed by atoms with Gasteiger partial charge in [0.25, 0.3) is 0 Å². The molecule has 96 valence electrons. The minimum absolute atomic E-state index is 0.0411. The molecule has 0 bridgehead atoms. The molecule has 1 heterocycles. The lowest BCUT2D eigenvalue weighted by molar-refractivity contribution is -0.122. The Morgan fingerprint density at radius 3 is 2.94 bits per heavy atom. The monoisotopic (exact) mass is 245 g/mol. The van der Waals surface area contributed by atoms with E-state index in [1.165, 1.54) is 0 Å². The van der Waals surface area contributed by atoms with E-state index in [0.717, 1.165) is 25.0 Å². The van der Waals surface area contributed by atoms with Crippen LogP contribution in [0.15, 0.2) is 36.0 Å². The zero-order valence-corrected chi connectivity index (χ0v) is 10.7. The molecule has 4 heteroatoms. The molecule has 0 saturated carbocycles. The van der Waals surface area contributed by atoms with E-state index in [-0.39, 0.29) is 11.9 Å². The predicted molar refractivity (Wildman–Crippen MR) is 71.7 cm³/mol. The van der Waals surface area contributed by atoms with Crippen molar-refractivity contribution in [1.29, 1.82) is 5.26 Å². The van der Waals surface area contributed by atoms with Gasteiger partial charge >= 0.3 is 0 Å². The van der Waals surface area contributed by atoms with E-state index in [0.29, 0.717) is 12.1 Å². The van der Waals surface area contributed by atoms with Gasteiger partial charge in [0.2, 0.25) is 5.91 Å². The van der Waals surface area contributed by atoms with Gasteiger partial charge in [0.05, 0.1) is 12.1 Å². The Balaban J connectivity index is 2.40. The molecule has 0 aromatic carbocycles. The van der Waals surface area contributed by atoms with E-state index in [1.54, 1.807) is 12.2 Å². The fraction of sp³-hybridized carbons (Fsp3) is 0.429. The van der Waals surface area contributed by atoms with Crippen molar-refractivity contribution >= 4 is 5.91 Å². The molecule has 18 heavy (non-hydrogen) atoms. The highest BCUT2D eigenvalue weighted by Crippen LogP contribution is 2.05. The Bertz CT molecular complexity index is 409. The largest absolute Gasteiger partial charge is 0.351 e. The molecular formula is C14H19N3O. The maximum Gasteiger partial charge on any atom is 0.237 e. The average Bonchev–Trinajstić information content (AvgIpc) is 2.92. The number of carbonyl (C=O) groups excluding carboxylic acids is 1. The minimum atomic E-state index is -0.0545. The number of hydrogen-bond acceptors (Lipinski definition) is 3. The third kappa shape index (κ3) is 4.56. The molecule has 1 atom stereocenters. The Labute approximate surface area is 108 Å². The average molecular weight is 245 g/mol. The highest BCUT2D eigenvalue weighted by Gasteiger charge is 2.21. The molecule has 1 amide bonds. The van der Waals surface area contributed by atoms with Crippen LogP contribution in [0.5, 0.6) is 0 Å². The van der Waals surface area contributed by atoms with Gasteiger partial charge in [-0.1, -0.05) is 18.7 Å². The van der Waals surface area contributed by atoms with Gasteiger partial charge in [0.1, 0.15) is 0 Å². The van der Waals surface area contributed by atoms with Crippen LogP contribution < -0.4 is 10.6 Å². The van der Waals surface area contributed by atoms with Crippen molar-refractivity contribution in [3.63, 3.8) is 0 Å². The van der Waals surface area contributed by atoms with E-state index in [4.69, 9.17) is 5.26 Å². The van der Waals surface area contributed by atoms with Gasteiger partial charge in [-0.2, -0.15) is 5.26 Å². The van der Waals surface area contributed by atoms with Crippen LogP contribution in [0.1, 0.15) is 19.8 Å². The van der Waals surface area contributed by atoms with Crippen LogP contribution in [-0.4, -0.2) is 25.0 Å². The topological polar surface area (TPSA) is 64.9 Å². The molecule has 0 spiro atoms. The van der Waals surface area contributed by atoms with Crippen LogP contribution >= 0.6 is 0 Å². The van der Waals surface area contributed by atoms with Gasteiger partial charge in [0, 0.05) is 12.1 Å². The van der Waals surface area contributed by atoms with Crippen molar-refractivity contribution < 1.29 is 4.79 Å². The number of amides is 1. The number of hydrogen-bond donors (Lipinski definition) is 2. The third-order valence-electron chi connectivity index (χ3n) is 2.86. The van der Waals surface area contributed by atoms with Crippen LogP contribution in [0.3, 0.4) is 0 Å². The molecule has 1 unspecified atom stereocenters. The van der Waals surface area contributed by atoms with Gasteiger partial charge in [-0.15, -0.1) is 0 Å². The maximum absolute atomic E-state index is 11.8. The Hall–Kier alpha value is -1.86. The number of nitrogens with zero attached hydrogens (tertiary/aromatic N) is 1. The van der Waals surface area contributed by atoms with Crippen LogP contribution in [0.25, 0.3) is 0 Å². The van der Waals surface area contributed by atoms with Crippen LogP contribution in [-0.2, 0) is 4.79 Å². The lowest BCUT2D eigenvalue weighted by atomic mass is 10.1. The van der Waals surface area contributed by atoms with Crippen molar-refractivity contribution in [3.8, 4) is 6.07 Å². The van der Waals surface area contributed by atoms with Gasteiger partial charge in [-0.05, 0) is 38.0 Å². The molecule has 2 N–H and O–H groups in total. The molecule has 1 aliphatic heterocycles. The normalized spacial score (nSPS) is 19.8. The fourth-order valence-corrected chi connectivity index (χ4v) is 1.72. The van der Waals surface area contributed by atoms with E-state index in [9.17, 15) is 4.79 Å². The minimum Gasteiger partial charge on any atom is -0.351 e. The first-order valence-electron chi connectivity index (χ1n) is 6.10. The molecule has 0 radical (unpaired) electrons. The highest BCUT2D eigenvalue weighted by atomic mass is 16.2. The first-order valence-corrected chi connectivity index (χ1v) is 6.10. The summed E-state index contributed by atoms with van der Waals surface area (Å²) in [7, 11) is 0. The summed E-state index contributed by atoms with van der Waals surface area (Å²) in [4.78, 5) is 11.8. The van der Waals surface area contributed by atoms with Crippen LogP contribution in [0, 0.1) is 11.3 Å². The number of allylic oxidation sites excluding steroid dienone is 3. The van der Waals surface area contributed by atoms with Crippen molar-refractivity contribution in [2.45, 2.75) is 25.8 Å². The van der Waals surface area contributed by atoms with E-state index in [1.807, 2.05) is 19.1 Å². The van der Waals surface area contributed by atoms with Gasteiger partial charge in [-0.25, -0.2) is 0 Å². The van der Waals surface area contributed by atoms with Crippen molar-refractivity contribution in [2.75, 3.05) is 13.1 Å². The third-order valence-corrected chi connectivity index (χ3v) is 2.86. The highest BCUT2D eigenvalue weighted by molar-refractivity contribution is 5.82. The van der Waals surface area contributed by atoms with Crippen molar-refractivity contribution in [1.82, 2.24) is 10.6 Å². The second kappa shape index (κ2) is 7.46. The Morgan fingerprint density at radius 2 is 2.39 bits per heavy atom. The standard InChI is InChI=1S/C14H19N3O/c1-3-12(7-6-11(2)9-15)10-17-14(18)13-5-4-8-16-13/h3,6-7,13,16H,2,4-5,8,10H2,1H3,(H,17,18)/b7-6-,12-3+. The first-order chi connectivity index (χ1) is 8.67. The smallest absolute Gasteiger partial charge is 0.237 e. The summed E-state index contributed by atoms with van der Waals surface area (Å²) in [5.74, 6) is 0.0411. The first kappa shape index (κ1) is 14.2. The van der Waals surface area contributed by atoms with E-state index < -0.39 is 0 Å². The molecule has 4 nitrogen and oxygen atoms in total. The predicted octanol–water partition coefficient (Wildman–Crippen LogP) is 1.44. The molecule has 1 saturated heterocycles. The zero-order chi connectivity index (χ0) is 13.4. The second-order valence-corrected chi connectivity index (χ2v) is 4.20. The number of rotatable bonds is 5. The van der Waals surface area contributed by atoms with Crippen LogP contribution in [0.4, 0.5) is 0 Å². The SMILES string of the molecule is C=C(C#N)/C=C\C(=C/C)CNC(=O)C1CCCN1. The maximum atomic E-state index is 11.8. The second-order valence-electron chi connectivity index (χ2n) is 4.20. The molecule has 1 aliphatic rings. The van der Waals surface area contributed by atoms with Crippen LogP contribution in [0.2, 0.25) is 0 Å². The quantitative estimate of drug-likeness (QED) is 0.569. The fourth-order valence-electron chi connectivity index (χ4n) is 1.72. The lowest BCUT2D eigenvalue weighted by Gasteiger charge is -2.11. The molecule has 1 fully saturated rings. The summed E-state index contributed by atoms with van der Waals surface area (Å²) in [5.41, 5.74) is 1.36. The van der Waals surface area contributed by atoms with E-state index in [2.05, 4.69) is 17.2 Å². The number of carbonyl (C=O) groups is 1. The number of nitriles is 1. The molecule has 1 rings (SSSR count). The molecule has 0 aromatic rings. The molecular weight excluding hydrogens is 226 g/mol. The van der Waals surface area contributed by atoms with E-state index >= 15 is 0 Å². The van der Waals surface area contributed by atoms with Gasteiger partial charge < -0.3 is 10.6 Å². The molecule has 0 aliphatic carbocycles.